The summed E-state index contributed by atoms with van der Waals surface area (Å²) in [6.07, 6.45) is 3.50. The molecule has 2 rings (SSSR count). The second-order valence-corrected chi connectivity index (χ2v) is 3.65. The molecule has 0 unspecified atom stereocenters. The summed E-state index contributed by atoms with van der Waals surface area (Å²) < 4.78 is 11.1. The first-order chi connectivity index (χ1) is 6.12. The lowest BCUT2D eigenvalue weighted by Gasteiger charge is -2.18. The fourth-order valence-electron chi connectivity index (χ4n) is 1.73. The van der Waals surface area contributed by atoms with Gasteiger partial charge in [0, 0.05) is 4.91 Å². The van der Waals surface area contributed by atoms with E-state index in [1.165, 1.54) is 0 Å². The topological polar surface area (TPSA) is 67.2 Å². The molecule has 70 valence electrons. The van der Waals surface area contributed by atoms with Crippen LogP contribution in [-0.4, -0.2) is 24.0 Å². The number of azide groups is 1. The van der Waals surface area contributed by atoms with E-state index < -0.39 is 5.79 Å². The van der Waals surface area contributed by atoms with Crippen LogP contribution in [0.25, 0.3) is 10.4 Å². The molecule has 13 heavy (non-hydrogen) atoms. The van der Waals surface area contributed by atoms with Gasteiger partial charge in [-0.05, 0) is 19.4 Å². The zero-order chi connectivity index (χ0) is 9.47. The molecule has 1 heterocycles. The van der Waals surface area contributed by atoms with Gasteiger partial charge in [0.15, 0.2) is 5.79 Å². The van der Waals surface area contributed by atoms with Crippen LogP contribution in [-0.2, 0) is 9.47 Å². The van der Waals surface area contributed by atoms with Crippen molar-refractivity contribution in [2.24, 2.45) is 5.11 Å². The first kappa shape index (κ1) is 8.56. The summed E-state index contributed by atoms with van der Waals surface area (Å²) in [5, 5.41) is 3.62. The van der Waals surface area contributed by atoms with Gasteiger partial charge in [0.05, 0.1) is 6.04 Å². The zero-order valence-corrected chi connectivity index (χ0v) is 7.54. The van der Waals surface area contributed by atoms with Gasteiger partial charge >= 0.3 is 0 Å². The maximum absolute atomic E-state index is 8.30. The molecule has 0 saturated carbocycles. The maximum atomic E-state index is 8.30. The summed E-state index contributed by atoms with van der Waals surface area (Å²) in [6, 6.07) is -0.225. The van der Waals surface area contributed by atoms with E-state index in [1.807, 2.05) is 26.0 Å². The Balaban J connectivity index is 2.16. The minimum Gasteiger partial charge on any atom is -0.343 e. The van der Waals surface area contributed by atoms with Crippen LogP contribution in [0.15, 0.2) is 17.3 Å². The van der Waals surface area contributed by atoms with E-state index in [9.17, 15) is 0 Å². The van der Waals surface area contributed by atoms with Crippen molar-refractivity contribution < 1.29 is 9.47 Å². The molecule has 1 saturated heterocycles. The second-order valence-electron chi connectivity index (χ2n) is 3.65. The van der Waals surface area contributed by atoms with Gasteiger partial charge in [-0.2, -0.15) is 0 Å². The highest BCUT2D eigenvalue weighted by Gasteiger charge is 2.45. The third kappa shape index (κ3) is 1.42. The molecule has 0 amide bonds. The summed E-state index contributed by atoms with van der Waals surface area (Å²) in [5.74, 6) is -0.566. The van der Waals surface area contributed by atoms with Crippen LogP contribution in [0.5, 0.6) is 0 Å². The number of hydrogen-bond acceptors (Lipinski definition) is 3. The van der Waals surface area contributed by atoms with Crippen molar-refractivity contribution in [2.75, 3.05) is 0 Å². The van der Waals surface area contributed by atoms with Gasteiger partial charge in [-0.25, -0.2) is 0 Å². The van der Waals surface area contributed by atoms with Crippen LogP contribution in [0.4, 0.5) is 0 Å². The summed E-state index contributed by atoms with van der Waals surface area (Å²) in [7, 11) is 0. The highest BCUT2D eigenvalue weighted by molar-refractivity contribution is 5.16. The Bertz CT molecular complexity index is 294. The molecule has 0 aromatic rings. The number of nitrogens with zero attached hydrogens (tertiary/aromatic N) is 3. The van der Waals surface area contributed by atoms with Gasteiger partial charge in [0.25, 0.3) is 0 Å². The molecule has 1 aliphatic heterocycles. The molecule has 0 radical (unpaired) electrons. The molecule has 1 aliphatic carbocycles. The average molecular weight is 181 g/mol. The van der Waals surface area contributed by atoms with E-state index in [0.29, 0.717) is 0 Å². The van der Waals surface area contributed by atoms with Crippen molar-refractivity contribution in [3.63, 3.8) is 0 Å². The lowest BCUT2D eigenvalue weighted by molar-refractivity contribution is -0.144. The molecular weight excluding hydrogens is 170 g/mol. The minimum absolute atomic E-state index is 0.0644. The third-order valence-corrected chi connectivity index (χ3v) is 2.18. The molecule has 5 nitrogen and oxygen atoms in total. The van der Waals surface area contributed by atoms with Crippen LogP contribution >= 0.6 is 0 Å². The van der Waals surface area contributed by atoms with E-state index >= 15 is 0 Å². The number of hydrogen-bond donors (Lipinski definition) is 0. The zero-order valence-electron chi connectivity index (χ0n) is 7.54. The summed E-state index contributed by atoms with van der Waals surface area (Å²) in [4.78, 5) is 2.76. The highest BCUT2D eigenvalue weighted by Crippen LogP contribution is 2.35. The molecule has 0 aromatic carbocycles. The van der Waals surface area contributed by atoms with E-state index in [-0.39, 0.29) is 18.2 Å². The Morgan fingerprint density at radius 2 is 2.15 bits per heavy atom. The van der Waals surface area contributed by atoms with Crippen molar-refractivity contribution >= 4 is 0 Å². The first-order valence-electron chi connectivity index (χ1n) is 4.20. The van der Waals surface area contributed by atoms with Crippen molar-refractivity contribution in [3.05, 3.63) is 22.6 Å². The quantitative estimate of drug-likeness (QED) is 0.267. The smallest absolute Gasteiger partial charge is 0.164 e. The predicted octanol–water partition coefficient (Wildman–Crippen LogP) is 1.76. The van der Waals surface area contributed by atoms with E-state index in [4.69, 9.17) is 15.0 Å². The summed E-state index contributed by atoms with van der Waals surface area (Å²) >= 11 is 0. The van der Waals surface area contributed by atoms with Crippen molar-refractivity contribution in [3.8, 4) is 0 Å². The molecule has 0 N–H and O–H groups in total. The molecule has 0 aromatic heterocycles. The molecule has 3 atom stereocenters. The van der Waals surface area contributed by atoms with Gasteiger partial charge in [-0.3, -0.25) is 0 Å². The predicted molar refractivity (Wildman–Crippen MR) is 45.9 cm³/mol. The first-order valence-corrected chi connectivity index (χ1v) is 4.20. The fraction of sp³-hybridized carbons (Fsp3) is 0.750. The fourth-order valence-corrected chi connectivity index (χ4v) is 1.73. The number of fused-ring (bicyclic) bond motifs is 1. The van der Waals surface area contributed by atoms with E-state index in [2.05, 4.69) is 10.0 Å². The monoisotopic (exact) mass is 181 g/mol. The largest absolute Gasteiger partial charge is 0.343 e. The standard InChI is InChI=1S/C8H11N3O2/c1-8(2)12-6-4-3-5(10-11-9)7(6)13-8/h3-7H,1-2H3/t5-,6+,7-/m0/s1. The molecule has 5 heteroatoms. The highest BCUT2D eigenvalue weighted by atomic mass is 16.8. The normalized spacial score (nSPS) is 40.0. The molecule has 0 spiro atoms. The third-order valence-electron chi connectivity index (χ3n) is 2.18. The van der Waals surface area contributed by atoms with Crippen LogP contribution in [0.1, 0.15) is 13.8 Å². The maximum Gasteiger partial charge on any atom is 0.164 e. The Labute approximate surface area is 76.0 Å². The van der Waals surface area contributed by atoms with E-state index in [0.717, 1.165) is 0 Å². The minimum atomic E-state index is -0.566. The van der Waals surface area contributed by atoms with Gasteiger partial charge < -0.3 is 9.47 Å². The number of ether oxygens (including phenoxy) is 2. The van der Waals surface area contributed by atoms with Crippen molar-refractivity contribution in [1.29, 1.82) is 0 Å². The summed E-state index contributed by atoms with van der Waals surface area (Å²) in [5.41, 5.74) is 8.30. The Morgan fingerprint density at radius 3 is 2.85 bits per heavy atom. The molecular formula is C8H11N3O2. The molecule has 2 aliphatic rings. The second kappa shape index (κ2) is 2.73. The van der Waals surface area contributed by atoms with Crippen LogP contribution in [0.2, 0.25) is 0 Å². The van der Waals surface area contributed by atoms with Crippen LogP contribution < -0.4 is 0 Å². The van der Waals surface area contributed by atoms with E-state index in [1.54, 1.807) is 0 Å². The average Bonchev–Trinajstić information content (AvgIpc) is 2.48. The van der Waals surface area contributed by atoms with Gasteiger partial charge in [0.1, 0.15) is 12.2 Å². The number of rotatable bonds is 1. The van der Waals surface area contributed by atoms with Crippen LogP contribution in [0.3, 0.4) is 0 Å². The lowest BCUT2D eigenvalue weighted by Crippen LogP contribution is -2.27. The SMILES string of the molecule is CC1(C)O[C@H]2[C@@H](N=[N+]=[N-])C=C[C@H]2O1. The Hall–Kier alpha value is -1.03. The molecule has 1 fully saturated rings. The van der Waals surface area contributed by atoms with Crippen LogP contribution in [0, 0.1) is 0 Å². The van der Waals surface area contributed by atoms with Gasteiger partial charge in [0.2, 0.25) is 0 Å². The Kier molecular flexibility index (Phi) is 1.80. The van der Waals surface area contributed by atoms with Gasteiger partial charge in [-0.1, -0.05) is 17.3 Å². The van der Waals surface area contributed by atoms with Crippen molar-refractivity contribution in [2.45, 2.75) is 37.9 Å². The van der Waals surface area contributed by atoms with Crippen molar-refractivity contribution in [1.82, 2.24) is 0 Å². The lowest BCUT2D eigenvalue weighted by atomic mass is 10.2. The summed E-state index contributed by atoms with van der Waals surface area (Å²) in [6.45, 7) is 3.71. The Morgan fingerprint density at radius 1 is 1.38 bits per heavy atom. The molecule has 0 bridgehead atoms. The van der Waals surface area contributed by atoms with Gasteiger partial charge in [-0.15, -0.1) is 0 Å².